The van der Waals surface area contributed by atoms with Crippen molar-refractivity contribution < 1.29 is 13.2 Å². The van der Waals surface area contributed by atoms with E-state index in [1.54, 1.807) is 12.1 Å². The lowest BCUT2D eigenvalue weighted by molar-refractivity contribution is -0.113. The number of hydrogen-bond donors (Lipinski definition) is 2. The number of aromatic amines is 1. The standard InChI is InChI=1S/C18H19N5O3S2/c1-23(2)28(25,26)15-10-8-14(9-11-15)19-16(24)12-27-18-20-17(21-22-18)13-6-4-3-5-7-13/h3-11H,12H2,1-2H3,(H,19,24)(H,20,21,22). The highest BCUT2D eigenvalue weighted by Gasteiger charge is 2.17. The van der Waals surface area contributed by atoms with Crippen molar-refractivity contribution >= 4 is 33.4 Å². The quantitative estimate of drug-likeness (QED) is 0.572. The summed E-state index contributed by atoms with van der Waals surface area (Å²) in [5, 5.41) is 10.2. The van der Waals surface area contributed by atoms with Gasteiger partial charge in [0.1, 0.15) is 0 Å². The van der Waals surface area contributed by atoms with E-state index in [0.29, 0.717) is 16.7 Å². The van der Waals surface area contributed by atoms with Crippen LogP contribution in [0.15, 0.2) is 64.6 Å². The van der Waals surface area contributed by atoms with Gasteiger partial charge in [-0.05, 0) is 24.3 Å². The van der Waals surface area contributed by atoms with Gasteiger partial charge >= 0.3 is 0 Å². The monoisotopic (exact) mass is 417 g/mol. The topological polar surface area (TPSA) is 108 Å². The molecule has 3 rings (SSSR count). The molecule has 0 spiro atoms. The maximum Gasteiger partial charge on any atom is 0.242 e. The molecule has 0 fully saturated rings. The molecule has 3 aromatic rings. The molecule has 146 valence electrons. The summed E-state index contributed by atoms with van der Waals surface area (Å²) in [5.74, 6) is 0.532. The minimum absolute atomic E-state index is 0.129. The molecular formula is C18H19N5O3S2. The maximum absolute atomic E-state index is 12.1. The molecule has 0 radical (unpaired) electrons. The van der Waals surface area contributed by atoms with Gasteiger partial charge in [-0.3, -0.25) is 9.89 Å². The van der Waals surface area contributed by atoms with Crippen LogP contribution in [0.2, 0.25) is 0 Å². The van der Waals surface area contributed by atoms with E-state index in [0.717, 1.165) is 9.87 Å². The number of hydrogen-bond acceptors (Lipinski definition) is 6. The summed E-state index contributed by atoms with van der Waals surface area (Å²) in [5.41, 5.74) is 1.43. The lowest BCUT2D eigenvalue weighted by atomic mass is 10.2. The Hall–Kier alpha value is -2.69. The van der Waals surface area contributed by atoms with Crippen LogP contribution in [0.3, 0.4) is 0 Å². The van der Waals surface area contributed by atoms with Crippen LogP contribution in [0.5, 0.6) is 0 Å². The fourth-order valence-electron chi connectivity index (χ4n) is 2.28. The summed E-state index contributed by atoms with van der Waals surface area (Å²) in [4.78, 5) is 16.7. The Morgan fingerprint density at radius 3 is 2.43 bits per heavy atom. The number of benzene rings is 2. The zero-order chi connectivity index (χ0) is 20.1. The molecule has 0 atom stereocenters. The van der Waals surface area contributed by atoms with Crippen LogP contribution >= 0.6 is 11.8 Å². The number of H-pyrrole nitrogens is 1. The third-order valence-corrected chi connectivity index (χ3v) is 6.44. The predicted molar refractivity (Wildman–Crippen MR) is 108 cm³/mol. The second-order valence-corrected chi connectivity index (χ2v) is 9.08. The number of rotatable bonds is 7. The van der Waals surface area contributed by atoms with Gasteiger partial charge in [0.05, 0.1) is 10.6 Å². The first-order valence-electron chi connectivity index (χ1n) is 8.29. The van der Waals surface area contributed by atoms with E-state index in [2.05, 4.69) is 20.5 Å². The molecule has 0 aliphatic heterocycles. The molecule has 28 heavy (non-hydrogen) atoms. The van der Waals surface area contributed by atoms with E-state index in [1.165, 1.54) is 38.0 Å². The van der Waals surface area contributed by atoms with Gasteiger partial charge in [-0.25, -0.2) is 17.7 Å². The second-order valence-electron chi connectivity index (χ2n) is 5.98. The minimum Gasteiger partial charge on any atom is -0.325 e. The Bertz CT molecular complexity index is 1050. The van der Waals surface area contributed by atoms with Crippen molar-refractivity contribution in [2.45, 2.75) is 10.1 Å². The molecule has 0 bridgehead atoms. The number of aromatic nitrogens is 3. The molecule has 0 saturated carbocycles. The summed E-state index contributed by atoms with van der Waals surface area (Å²) >= 11 is 1.21. The second kappa shape index (κ2) is 8.55. The van der Waals surface area contributed by atoms with Crippen LogP contribution in [0.4, 0.5) is 5.69 Å². The zero-order valence-corrected chi connectivity index (χ0v) is 16.9. The number of carbonyl (C=O) groups is 1. The molecule has 2 aromatic carbocycles. The summed E-state index contributed by atoms with van der Waals surface area (Å²) in [6.45, 7) is 0. The largest absolute Gasteiger partial charge is 0.325 e. The molecule has 0 aliphatic rings. The number of anilines is 1. The van der Waals surface area contributed by atoms with Crippen LogP contribution in [-0.2, 0) is 14.8 Å². The summed E-state index contributed by atoms with van der Waals surface area (Å²) < 4.78 is 25.2. The normalized spacial score (nSPS) is 11.5. The lowest BCUT2D eigenvalue weighted by Gasteiger charge is -2.11. The molecule has 8 nitrogen and oxygen atoms in total. The minimum atomic E-state index is -3.49. The Balaban J connectivity index is 1.56. The average Bonchev–Trinajstić information content (AvgIpc) is 3.16. The van der Waals surface area contributed by atoms with Crippen LogP contribution in [-0.4, -0.2) is 53.7 Å². The van der Waals surface area contributed by atoms with E-state index < -0.39 is 10.0 Å². The van der Waals surface area contributed by atoms with Crippen molar-refractivity contribution in [1.82, 2.24) is 19.5 Å². The van der Waals surface area contributed by atoms with Gasteiger partial charge in [0.15, 0.2) is 5.82 Å². The fraction of sp³-hybridized carbons (Fsp3) is 0.167. The van der Waals surface area contributed by atoms with Crippen molar-refractivity contribution in [2.75, 3.05) is 25.2 Å². The van der Waals surface area contributed by atoms with Gasteiger partial charge in [0.25, 0.3) is 0 Å². The lowest BCUT2D eigenvalue weighted by Crippen LogP contribution is -2.22. The van der Waals surface area contributed by atoms with Crippen LogP contribution < -0.4 is 5.32 Å². The van der Waals surface area contributed by atoms with Gasteiger partial charge in [0.2, 0.25) is 21.1 Å². The average molecular weight is 418 g/mol. The number of thioether (sulfide) groups is 1. The first kappa shape index (κ1) is 20.1. The third kappa shape index (κ3) is 4.77. The van der Waals surface area contributed by atoms with E-state index in [9.17, 15) is 13.2 Å². The first-order valence-corrected chi connectivity index (χ1v) is 10.7. The Labute approximate surface area is 167 Å². The predicted octanol–water partition coefficient (Wildman–Crippen LogP) is 2.45. The fourth-order valence-corrected chi connectivity index (χ4v) is 3.78. The van der Waals surface area contributed by atoms with E-state index >= 15 is 0 Å². The molecule has 1 amide bonds. The molecule has 0 unspecified atom stereocenters. The molecule has 1 aromatic heterocycles. The first-order chi connectivity index (χ1) is 13.4. The van der Waals surface area contributed by atoms with Gasteiger partial charge in [-0.15, -0.1) is 5.10 Å². The number of sulfonamides is 1. The number of nitrogens with one attached hydrogen (secondary N) is 2. The Kier molecular flexibility index (Phi) is 6.12. The SMILES string of the molecule is CN(C)S(=O)(=O)c1ccc(NC(=O)CSc2n[nH]c(-c3ccccc3)n2)cc1. The number of carbonyl (C=O) groups excluding carboxylic acids is 1. The summed E-state index contributed by atoms with van der Waals surface area (Å²) in [7, 11) is -0.559. The molecule has 2 N–H and O–H groups in total. The van der Waals surface area contributed by atoms with Crippen molar-refractivity contribution in [1.29, 1.82) is 0 Å². The van der Waals surface area contributed by atoms with Crippen LogP contribution in [0, 0.1) is 0 Å². The highest BCUT2D eigenvalue weighted by Crippen LogP contribution is 2.20. The van der Waals surface area contributed by atoms with E-state index in [-0.39, 0.29) is 16.6 Å². The summed E-state index contributed by atoms with van der Waals surface area (Å²) in [6.07, 6.45) is 0. The van der Waals surface area contributed by atoms with Crippen molar-refractivity contribution in [3.05, 3.63) is 54.6 Å². The smallest absolute Gasteiger partial charge is 0.242 e. The molecule has 10 heteroatoms. The van der Waals surface area contributed by atoms with Gasteiger partial charge in [0, 0.05) is 25.3 Å². The molecular weight excluding hydrogens is 398 g/mol. The highest BCUT2D eigenvalue weighted by atomic mass is 32.2. The van der Waals surface area contributed by atoms with E-state index in [4.69, 9.17) is 0 Å². The van der Waals surface area contributed by atoms with Gasteiger partial charge < -0.3 is 5.32 Å². The molecule has 0 saturated heterocycles. The van der Waals surface area contributed by atoms with Crippen molar-refractivity contribution in [3.63, 3.8) is 0 Å². The Morgan fingerprint density at radius 1 is 1.11 bits per heavy atom. The summed E-state index contributed by atoms with van der Waals surface area (Å²) in [6, 6.07) is 15.6. The van der Waals surface area contributed by atoms with E-state index in [1.807, 2.05) is 30.3 Å². The Morgan fingerprint density at radius 2 is 1.79 bits per heavy atom. The molecule has 0 aliphatic carbocycles. The highest BCUT2D eigenvalue weighted by molar-refractivity contribution is 7.99. The zero-order valence-electron chi connectivity index (χ0n) is 15.3. The van der Waals surface area contributed by atoms with Gasteiger partial charge in [-0.1, -0.05) is 42.1 Å². The molecule has 1 heterocycles. The maximum atomic E-state index is 12.1. The van der Waals surface area contributed by atoms with Crippen LogP contribution in [0.25, 0.3) is 11.4 Å². The number of amides is 1. The van der Waals surface area contributed by atoms with Gasteiger partial charge in [-0.2, -0.15) is 0 Å². The number of nitrogens with zero attached hydrogens (tertiary/aromatic N) is 3. The van der Waals surface area contributed by atoms with Crippen molar-refractivity contribution in [3.8, 4) is 11.4 Å². The van der Waals surface area contributed by atoms with Crippen molar-refractivity contribution in [2.24, 2.45) is 0 Å². The third-order valence-electron chi connectivity index (χ3n) is 3.76. The van der Waals surface area contributed by atoms with Crippen LogP contribution in [0.1, 0.15) is 0 Å².